The average molecular weight is 383 g/mol. The minimum atomic E-state index is -0.292. The second-order valence-electron chi connectivity index (χ2n) is 6.74. The van der Waals surface area contributed by atoms with Gasteiger partial charge in [0.1, 0.15) is 24.3 Å². The molecule has 0 spiro atoms. The van der Waals surface area contributed by atoms with Crippen molar-refractivity contribution in [3.8, 4) is 17.6 Å². The summed E-state index contributed by atoms with van der Waals surface area (Å²) in [6.07, 6.45) is 2.04. The molecular weight excluding hydrogens is 362 g/mol. The fourth-order valence-electron chi connectivity index (χ4n) is 3.74. The molecule has 140 valence electrons. The molecule has 1 aromatic carbocycles. The Labute approximate surface area is 162 Å². The number of benzene rings is 1. The Bertz CT molecular complexity index is 889. The Morgan fingerprint density at radius 1 is 1.33 bits per heavy atom. The van der Waals surface area contributed by atoms with Crippen LogP contribution in [-0.4, -0.2) is 36.6 Å². The standard InChI is InChI=1S/C20H21N3O3S/c1-13(19(24)22-20-15(12-21)6-10-27-20)23-7-2-3-16(23)14-4-5-17-18(11-14)26-9-8-25-17/h4-6,10-11,13,16H,2-3,7-9H2,1H3,(H,22,24)/t13-,16-/m0/s1. The van der Waals surface area contributed by atoms with E-state index in [1.54, 1.807) is 6.07 Å². The van der Waals surface area contributed by atoms with Crippen molar-refractivity contribution in [3.05, 3.63) is 40.8 Å². The van der Waals surface area contributed by atoms with E-state index in [-0.39, 0.29) is 18.0 Å². The molecule has 2 aromatic rings. The lowest BCUT2D eigenvalue weighted by Gasteiger charge is -2.30. The molecule has 1 saturated heterocycles. The number of thiophene rings is 1. The fourth-order valence-corrected chi connectivity index (χ4v) is 4.48. The van der Waals surface area contributed by atoms with Gasteiger partial charge in [-0.2, -0.15) is 5.26 Å². The summed E-state index contributed by atoms with van der Waals surface area (Å²) < 4.78 is 11.3. The van der Waals surface area contributed by atoms with Gasteiger partial charge in [-0.25, -0.2) is 0 Å². The predicted octanol–water partition coefficient (Wildman–Crippen LogP) is 3.56. The van der Waals surface area contributed by atoms with Gasteiger partial charge in [0.05, 0.1) is 11.6 Å². The number of nitriles is 1. The molecule has 2 aliphatic heterocycles. The first-order valence-electron chi connectivity index (χ1n) is 9.11. The number of fused-ring (bicyclic) bond motifs is 1. The van der Waals surface area contributed by atoms with E-state index in [1.807, 2.05) is 24.4 Å². The number of rotatable bonds is 4. The van der Waals surface area contributed by atoms with Gasteiger partial charge < -0.3 is 14.8 Å². The third-order valence-electron chi connectivity index (χ3n) is 5.14. The minimum Gasteiger partial charge on any atom is -0.486 e. The van der Waals surface area contributed by atoms with Gasteiger partial charge in [-0.05, 0) is 55.5 Å². The summed E-state index contributed by atoms with van der Waals surface area (Å²) >= 11 is 1.37. The molecule has 0 saturated carbocycles. The highest BCUT2D eigenvalue weighted by molar-refractivity contribution is 7.14. The smallest absolute Gasteiger partial charge is 0.242 e. The molecule has 0 radical (unpaired) electrons. The van der Waals surface area contributed by atoms with Gasteiger partial charge in [0.2, 0.25) is 5.91 Å². The largest absolute Gasteiger partial charge is 0.486 e. The van der Waals surface area contributed by atoms with Crippen LogP contribution in [0.15, 0.2) is 29.6 Å². The maximum atomic E-state index is 12.8. The van der Waals surface area contributed by atoms with Crippen molar-refractivity contribution in [2.45, 2.75) is 31.8 Å². The molecule has 0 aliphatic carbocycles. The van der Waals surface area contributed by atoms with Gasteiger partial charge in [0.25, 0.3) is 0 Å². The van der Waals surface area contributed by atoms with Crippen molar-refractivity contribution in [1.29, 1.82) is 5.26 Å². The van der Waals surface area contributed by atoms with Crippen LogP contribution in [0.4, 0.5) is 5.00 Å². The lowest BCUT2D eigenvalue weighted by atomic mass is 10.0. The first-order valence-corrected chi connectivity index (χ1v) is 9.99. The molecule has 1 amide bonds. The Morgan fingerprint density at radius 3 is 2.96 bits per heavy atom. The molecule has 1 fully saturated rings. The summed E-state index contributed by atoms with van der Waals surface area (Å²) in [5, 5.41) is 14.5. The zero-order valence-corrected chi connectivity index (χ0v) is 15.9. The van der Waals surface area contributed by atoms with Crippen molar-refractivity contribution in [2.75, 3.05) is 25.1 Å². The molecule has 3 heterocycles. The number of carbonyl (C=O) groups is 1. The maximum Gasteiger partial charge on any atom is 0.242 e. The van der Waals surface area contributed by atoms with Crippen LogP contribution in [0.1, 0.15) is 36.9 Å². The van der Waals surface area contributed by atoms with E-state index < -0.39 is 0 Å². The van der Waals surface area contributed by atoms with Gasteiger partial charge in [-0.1, -0.05) is 6.07 Å². The predicted molar refractivity (Wildman–Crippen MR) is 103 cm³/mol. The highest BCUT2D eigenvalue weighted by atomic mass is 32.1. The fraction of sp³-hybridized carbons (Fsp3) is 0.400. The Kier molecular flexibility index (Phi) is 5.01. The summed E-state index contributed by atoms with van der Waals surface area (Å²) in [6.45, 7) is 3.92. The number of ether oxygens (including phenoxy) is 2. The number of nitrogens with zero attached hydrogens (tertiary/aromatic N) is 2. The lowest BCUT2D eigenvalue weighted by molar-refractivity contribution is -0.121. The number of hydrogen-bond donors (Lipinski definition) is 1. The molecular formula is C20H21N3O3S. The molecule has 6 nitrogen and oxygen atoms in total. The van der Waals surface area contributed by atoms with Crippen LogP contribution in [0, 0.1) is 11.3 Å². The van der Waals surface area contributed by atoms with E-state index in [4.69, 9.17) is 14.7 Å². The number of amides is 1. The lowest BCUT2D eigenvalue weighted by Crippen LogP contribution is -2.41. The third kappa shape index (κ3) is 3.51. The molecule has 27 heavy (non-hydrogen) atoms. The van der Waals surface area contributed by atoms with Crippen LogP contribution in [0.2, 0.25) is 0 Å². The topological polar surface area (TPSA) is 74.6 Å². The van der Waals surface area contributed by atoms with Gasteiger partial charge in [-0.3, -0.25) is 9.69 Å². The first kappa shape index (κ1) is 17.8. The molecule has 4 rings (SSSR count). The van der Waals surface area contributed by atoms with Crippen LogP contribution < -0.4 is 14.8 Å². The number of nitrogens with one attached hydrogen (secondary N) is 1. The maximum absolute atomic E-state index is 12.8. The molecule has 2 aliphatic rings. The number of likely N-dealkylation sites (tertiary alicyclic amines) is 1. The molecule has 7 heteroatoms. The second-order valence-corrected chi connectivity index (χ2v) is 7.66. The van der Waals surface area contributed by atoms with Crippen molar-refractivity contribution in [3.63, 3.8) is 0 Å². The zero-order valence-electron chi connectivity index (χ0n) is 15.1. The van der Waals surface area contributed by atoms with Gasteiger partial charge in [0.15, 0.2) is 11.5 Å². The summed E-state index contributed by atoms with van der Waals surface area (Å²) in [4.78, 5) is 15.0. The van der Waals surface area contributed by atoms with Crippen molar-refractivity contribution >= 4 is 22.2 Å². The molecule has 1 aromatic heterocycles. The van der Waals surface area contributed by atoms with E-state index in [9.17, 15) is 4.79 Å². The van der Waals surface area contributed by atoms with Crippen molar-refractivity contribution in [2.24, 2.45) is 0 Å². The summed E-state index contributed by atoms with van der Waals surface area (Å²) in [6, 6.07) is 9.76. The Hall–Kier alpha value is -2.56. The minimum absolute atomic E-state index is 0.0848. The van der Waals surface area contributed by atoms with Crippen LogP contribution in [0.25, 0.3) is 0 Å². The SMILES string of the molecule is C[C@@H](C(=O)Nc1sccc1C#N)N1CCC[C@H]1c1ccc2c(c1)OCCO2. The summed E-state index contributed by atoms with van der Waals surface area (Å²) in [7, 11) is 0. The van der Waals surface area contributed by atoms with E-state index in [1.165, 1.54) is 11.3 Å². The Morgan fingerprint density at radius 2 is 2.15 bits per heavy atom. The number of anilines is 1. The van der Waals surface area contributed by atoms with Crippen LogP contribution in [0.3, 0.4) is 0 Å². The number of hydrogen-bond acceptors (Lipinski definition) is 6. The molecule has 2 atom stereocenters. The van der Waals surface area contributed by atoms with E-state index in [2.05, 4.69) is 22.4 Å². The van der Waals surface area contributed by atoms with Crippen molar-refractivity contribution < 1.29 is 14.3 Å². The summed E-state index contributed by atoms with van der Waals surface area (Å²) in [5.74, 6) is 1.47. The quantitative estimate of drug-likeness (QED) is 0.874. The zero-order chi connectivity index (χ0) is 18.8. The van der Waals surface area contributed by atoms with Crippen LogP contribution in [-0.2, 0) is 4.79 Å². The highest BCUT2D eigenvalue weighted by Gasteiger charge is 2.34. The van der Waals surface area contributed by atoms with Crippen molar-refractivity contribution in [1.82, 2.24) is 4.90 Å². The Balaban J connectivity index is 1.50. The van der Waals surface area contributed by atoms with Gasteiger partial charge in [-0.15, -0.1) is 11.3 Å². The second kappa shape index (κ2) is 7.59. The summed E-state index contributed by atoms with van der Waals surface area (Å²) in [5.41, 5.74) is 1.65. The van der Waals surface area contributed by atoms with Gasteiger partial charge in [0, 0.05) is 6.04 Å². The molecule has 0 bridgehead atoms. The van der Waals surface area contributed by atoms with E-state index in [0.717, 1.165) is 36.4 Å². The monoisotopic (exact) mass is 383 g/mol. The molecule has 1 N–H and O–H groups in total. The highest BCUT2D eigenvalue weighted by Crippen LogP contribution is 2.39. The van der Waals surface area contributed by atoms with Gasteiger partial charge >= 0.3 is 0 Å². The van der Waals surface area contributed by atoms with Crippen LogP contribution >= 0.6 is 11.3 Å². The third-order valence-corrected chi connectivity index (χ3v) is 5.97. The normalized spacial score (nSPS) is 20.1. The van der Waals surface area contributed by atoms with Crippen LogP contribution in [0.5, 0.6) is 11.5 Å². The molecule has 0 unspecified atom stereocenters. The average Bonchev–Trinajstić information content (AvgIpc) is 3.36. The number of carbonyl (C=O) groups excluding carboxylic acids is 1. The first-order chi connectivity index (χ1) is 13.2. The van der Waals surface area contributed by atoms with E-state index >= 15 is 0 Å². The van der Waals surface area contributed by atoms with E-state index in [0.29, 0.717) is 23.8 Å².